The van der Waals surface area contributed by atoms with E-state index in [0.29, 0.717) is 24.2 Å². The number of furan rings is 1. The number of methoxy groups -OCH3 is 1. The number of esters is 2. The molecule has 0 aliphatic carbocycles. The lowest BCUT2D eigenvalue weighted by atomic mass is 9.99. The summed E-state index contributed by atoms with van der Waals surface area (Å²) in [6, 6.07) is 6.37. The third-order valence-corrected chi connectivity index (χ3v) is 4.65. The van der Waals surface area contributed by atoms with Crippen LogP contribution in [0.15, 0.2) is 28.7 Å². The van der Waals surface area contributed by atoms with E-state index in [9.17, 15) is 14.4 Å². The van der Waals surface area contributed by atoms with Gasteiger partial charge in [0.15, 0.2) is 6.61 Å². The Bertz CT molecular complexity index is 858. The first-order valence-electron chi connectivity index (χ1n) is 9.55. The highest BCUT2D eigenvalue weighted by molar-refractivity contribution is 5.97. The van der Waals surface area contributed by atoms with Crippen molar-refractivity contribution in [3.8, 4) is 0 Å². The molecule has 1 aromatic heterocycles. The summed E-state index contributed by atoms with van der Waals surface area (Å²) in [5, 5.41) is 3.30. The van der Waals surface area contributed by atoms with Gasteiger partial charge in [-0.15, -0.1) is 0 Å². The van der Waals surface area contributed by atoms with Crippen LogP contribution in [0.25, 0.3) is 11.0 Å². The number of ether oxygens (including phenoxy) is 3. The largest absolute Gasteiger partial charge is 0.467 e. The van der Waals surface area contributed by atoms with Crippen LogP contribution in [-0.4, -0.2) is 44.2 Å². The normalized spacial score (nSPS) is 13.0. The number of hydrogen-bond acceptors (Lipinski definition) is 7. The molecule has 0 fully saturated rings. The van der Waals surface area contributed by atoms with Gasteiger partial charge in [0.1, 0.15) is 11.6 Å². The van der Waals surface area contributed by atoms with Gasteiger partial charge in [0.05, 0.1) is 13.7 Å². The van der Waals surface area contributed by atoms with Crippen molar-refractivity contribution in [1.82, 2.24) is 5.32 Å². The van der Waals surface area contributed by atoms with Gasteiger partial charge in [0.25, 0.3) is 5.91 Å². The minimum atomic E-state index is -0.809. The first kappa shape index (κ1) is 22.4. The van der Waals surface area contributed by atoms with Gasteiger partial charge < -0.3 is 23.9 Å². The number of benzene rings is 1. The van der Waals surface area contributed by atoms with E-state index in [-0.39, 0.29) is 18.3 Å². The molecule has 0 unspecified atom stereocenters. The molecular formula is C21H27NO7. The number of fused-ring (bicyclic) bond motifs is 1. The SMILES string of the molecule is CCOCc1c(C(=O)OCC(=O)N[C@@H](C(=O)OC)[C@H](C)CC)oc2ccccc12. The Hall–Kier alpha value is -2.87. The average Bonchev–Trinajstić information content (AvgIpc) is 3.11. The maximum absolute atomic E-state index is 12.5. The number of para-hydroxylation sites is 1. The van der Waals surface area contributed by atoms with Crippen LogP contribution in [-0.2, 0) is 30.4 Å². The standard InChI is InChI=1S/C21H27NO7/c1-5-13(3)18(20(24)26-4)22-17(23)12-28-21(25)19-15(11-27-6-2)14-9-7-8-10-16(14)29-19/h7-10,13,18H,5-6,11-12H2,1-4H3,(H,22,23)/t13-,18-/m1/s1. The molecule has 0 spiro atoms. The Kier molecular flexibility index (Phi) is 8.21. The maximum atomic E-state index is 12.5. The van der Waals surface area contributed by atoms with Crippen molar-refractivity contribution in [1.29, 1.82) is 0 Å². The highest BCUT2D eigenvalue weighted by Gasteiger charge is 2.28. The van der Waals surface area contributed by atoms with Crippen LogP contribution in [0.3, 0.4) is 0 Å². The molecule has 2 rings (SSSR count). The monoisotopic (exact) mass is 405 g/mol. The maximum Gasteiger partial charge on any atom is 0.375 e. The summed E-state index contributed by atoms with van der Waals surface area (Å²) >= 11 is 0. The van der Waals surface area contributed by atoms with Crippen molar-refractivity contribution in [3.63, 3.8) is 0 Å². The summed E-state index contributed by atoms with van der Waals surface area (Å²) in [5.74, 6) is -2.05. The lowest BCUT2D eigenvalue weighted by Crippen LogP contribution is -2.47. The molecule has 8 heteroatoms. The van der Waals surface area contributed by atoms with Gasteiger partial charge in [0.2, 0.25) is 5.76 Å². The zero-order valence-electron chi connectivity index (χ0n) is 17.2. The van der Waals surface area contributed by atoms with Crippen molar-refractivity contribution in [2.45, 2.75) is 39.8 Å². The minimum absolute atomic E-state index is 0.00102. The second-order valence-electron chi connectivity index (χ2n) is 6.57. The summed E-state index contributed by atoms with van der Waals surface area (Å²) < 4.78 is 20.9. The van der Waals surface area contributed by atoms with Crippen molar-refractivity contribution >= 4 is 28.8 Å². The summed E-state index contributed by atoms with van der Waals surface area (Å²) in [6.45, 7) is 5.67. The molecule has 0 saturated heterocycles. The van der Waals surface area contributed by atoms with Crippen molar-refractivity contribution in [3.05, 3.63) is 35.6 Å². The van der Waals surface area contributed by atoms with E-state index in [1.807, 2.05) is 32.9 Å². The van der Waals surface area contributed by atoms with Gasteiger partial charge in [0, 0.05) is 17.6 Å². The first-order valence-corrected chi connectivity index (χ1v) is 9.55. The third-order valence-electron chi connectivity index (χ3n) is 4.65. The molecule has 1 amide bonds. The van der Waals surface area contributed by atoms with Gasteiger partial charge >= 0.3 is 11.9 Å². The highest BCUT2D eigenvalue weighted by atomic mass is 16.6. The van der Waals surface area contributed by atoms with E-state index >= 15 is 0 Å². The summed E-state index contributed by atoms with van der Waals surface area (Å²) in [5.41, 5.74) is 1.10. The lowest BCUT2D eigenvalue weighted by molar-refractivity contribution is -0.147. The zero-order chi connectivity index (χ0) is 21.4. The van der Waals surface area contributed by atoms with E-state index in [1.165, 1.54) is 7.11 Å². The van der Waals surface area contributed by atoms with Gasteiger partial charge in [-0.1, -0.05) is 38.5 Å². The Morgan fingerprint density at radius 2 is 1.90 bits per heavy atom. The topological polar surface area (TPSA) is 104 Å². The molecule has 2 aromatic rings. The molecule has 0 aliphatic rings. The van der Waals surface area contributed by atoms with Crippen LogP contribution in [0, 0.1) is 5.92 Å². The lowest BCUT2D eigenvalue weighted by Gasteiger charge is -2.21. The molecule has 0 aliphatic heterocycles. The van der Waals surface area contributed by atoms with Gasteiger partial charge in [-0.05, 0) is 18.9 Å². The molecule has 1 aromatic carbocycles. The number of amides is 1. The Labute approximate surface area is 169 Å². The number of rotatable bonds is 10. The molecule has 158 valence electrons. The number of nitrogens with one attached hydrogen (secondary N) is 1. The summed E-state index contributed by atoms with van der Waals surface area (Å²) in [6.07, 6.45) is 0.666. The Morgan fingerprint density at radius 3 is 2.55 bits per heavy atom. The summed E-state index contributed by atoms with van der Waals surface area (Å²) in [7, 11) is 1.26. The van der Waals surface area contributed by atoms with Crippen LogP contribution >= 0.6 is 0 Å². The minimum Gasteiger partial charge on any atom is -0.467 e. The number of carbonyl (C=O) groups is 3. The van der Waals surface area contributed by atoms with Crippen LogP contribution < -0.4 is 5.32 Å². The van der Waals surface area contributed by atoms with Crippen LogP contribution in [0.1, 0.15) is 43.3 Å². The van der Waals surface area contributed by atoms with E-state index in [1.54, 1.807) is 12.1 Å². The number of carbonyl (C=O) groups excluding carboxylic acids is 3. The fraction of sp³-hybridized carbons (Fsp3) is 0.476. The summed E-state index contributed by atoms with van der Waals surface area (Å²) in [4.78, 5) is 36.6. The first-order chi connectivity index (χ1) is 13.9. The molecule has 0 saturated carbocycles. The molecule has 1 N–H and O–H groups in total. The fourth-order valence-corrected chi connectivity index (χ4v) is 2.82. The van der Waals surface area contributed by atoms with Crippen molar-refractivity contribution in [2.24, 2.45) is 5.92 Å². The molecule has 8 nitrogen and oxygen atoms in total. The fourth-order valence-electron chi connectivity index (χ4n) is 2.82. The molecule has 1 heterocycles. The van der Waals surface area contributed by atoms with Crippen LogP contribution in [0.5, 0.6) is 0 Å². The zero-order valence-corrected chi connectivity index (χ0v) is 17.2. The van der Waals surface area contributed by atoms with Crippen LogP contribution in [0.4, 0.5) is 0 Å². The van der Waals surface area contributed by atoms with Crippen LogP contribution in [0.2, 0.25) is 0 Å². The predicted octanol–water partition coefficient (Wildman–Crippen LogP) is 2.83. The number of hydrogen-bond donors (Lipinski definition) is 1. The van der Waals surface area contributed by atoms with Gasteiger partial charge in [-0.2, -0.15) is 0 Å². The third kappa shape index (κ3) is 5.57. The second kappa shape index (κ2) is 10.6. The Morgan fingerprint density at radius 1 is 1.17 bits per heavy atom. The molecular weight excluding hydrogens is 378 g/mol. The highest BCUT2D eigenvalue weighted by Crippen LogP contribution is 2.27. The van der Waals surface area contributed by atoms with Gasteiger partial charge in [-0.25, -0.2) is 9.59 Å². The average molecular weight is 405 g/mol. The molecule has 0 radical (unpaired) electrons. The predicted molar refractivity (Wildman–Crippen MR) is 105 cm³/mol. The van der Waals surface area contributed by atoms with E-state index in [0.717, 1.165) is 5.39 Å². The smallest absolute Gasteiger partial charge is 0.375 e. The van der Waals surface area contributed by atoms with Crippen molar-refractivity contribution < 1.29 is 33.0 Å². The van der Waals surface area contributed by atoms with E-state index in [2.05, 4.69) is 5.32 Å². The van der Waals surface area contributed by atoms with Crippen molar-refractivity contribution in [2.75, 3.05) is 20.3 Å². The Balaban J connectivity index is 2.08. The molecule has 0 bridgehead atoms. The molecule has 2 atom stereocenters. The second-order valence-corrected chi connectivity index (χ2v) is 6.57. The van der Waals surface area contributed by atoms with E-state index < -0.39 is 30.5 Å². The van der Waals surface area contributed by atoms with Gasteiger partial charge in [-0.3, -0.25) is 4.79 Å². The molecule has 29 heavy (non-hydrogen) atoms. The van der Waals surface area contributed by atoms with E-state index in [4.69, 9.17) is 18.6 Å². The quantitative estimate of drug-likeness (QED) is 0.606.